The van der Waals surface area contributed by atoms with Gasteiger partial charge in [0.1, 0.15) is 0 Å². The largest absolute Gasteiger partial charge is 0.395 e. The highest BCUT2D eigenvalue weighted by Gasteiger charge is 2.16. The van der Waals surface area contributed by atoms with Crippen molar-refractivity contribution in [2.75, 3.05) is 33.9 Å². The maximum atomic E-state index is 11.6. The molecule has 0 aromatic heterocycles. The van der Waals surface area contributed by atoms with Crippen LogP contribution < -0.4 is 0 Å². The van der Waals surface area contributed by atoms with E-state index in [1.807, 2.05) is 6.92 Å². The predicted octanol–water partition coefficient (Wildman–Crippen LogP) is 0.500. The molecule has 0 fully saturated rings. The van der Waals surface area contributed by atoms with Gasteiger partial charge in [-0.3, -0.25) is 4.79 Å². The number of methoxy groups -OCH3 is 1. The summed E-state index contributed by atoms with van der Waals surface area (Å²) in [6.07, 6.45) is 1.73. The lowest BCUT2D eigenvalue weighted by atomic mass is 10.0. The molecule has 0 aromatic rings. The number of aliphatic hydroxyl groups excluding tert-OH is 1. The Balaban J connectivity index is 3.74. The fraction of sp³-hybridized carbons (Fsp3) is 0.900. The maximum absolute atomic E-state index is 11.6. The van der Waals surface area contributed by atoms with Crippen LogP contribution in [0.5, 0.6) is 0 Å². The summed E-state index contributed by atoms with van der Waals surface area (Å²) >= 11 is 0. The Morgan fingerprint density at radius 2 is 2.21 bits per heavy atom. The van der Waals surface area contributed by atoms with Gasteiger partial charge in [0.15, 0.2) is 0 Å². The van der Waals surface area contributed by atoms with Gasteiger partial charge in [-0.25, -0.2) is 0 Å². The molecule has 0 aromatic carbocycles. The van der Waals surface area contributed by atoms with Gasteiger partial charge < -0.3 is 14.7 Å². The van der Waals surface area contributed by atoms with Crippen LogP contribution in [0.2, 0.25) is 0 Å². The molecule has 0 rings (SSSR count). The van der Waals surface area contributed by atoms with Crippen LogP contribution in [0.15, 0.2) is 0 Å². The van der Waals surface area contributed by atoms with E-state index >= 15 is 0 Å². The number of carbonyl (C=O) groups excluding carboxylic acids is 1. The number of ether oxygens (including phenoxy) is 1. The number of amides is 1. The lowest BCUT2D eigenvalue weighted by Crippen LogP contribution is -2.33. The topological polar surface area (TPSA) is 49.8 Å². The zero-order chi connectivity index (χ0) is 11.0. The first kappa shape index (κ1) is 13.4. The molecular formula is C10H21NO3. The van der Waals surface area contributed by atoms with Gasteiger partial charge in [0.05, 0.1) is 6.61 Å². The normalized spacial score (nSPS) is 12.6. The van der Waals surface area contributed by atoms with Crippen LogP contribution in [0.4, 0.5) is 0 Å². The van der Waals surface area contributed by atoms with Crippen LogP contribution in [0.25, 0.3) is 0 Å². The number of rotatable bonds is 7. The molecule has 0 saturated heterocycles. The average Bonchev–Trinajstić information content (AvgIpc) is 2.17. The Hall–Kier alpha value is -0.610. The number of likely N-dealkylation sites (N-methyl/N-ethyl adjacent to an activating group) is 1. The third-order valence-corrected chi connectivity index (χ3v) is 2.22. The summed E-state index contributed by atoms with van der Waals surface area (Å²) in [5.41, 5.74) is 0. The molecule has 0 radical (unpaired) electrons. The highest BCUT2D eigenvalue weighted by atomic mass is 16.5. The number of nitrogens with zero attached hydrogens (tertiary/aromatic N) is 1. The molecule has 0 aliphatic heterocycles. The zero-order valence-electron chi connectivity index (χ0n) is 9.32. The second-order valence-corrected chi connectivity index (χ2v) is 3.52. The Morgan fingerprint density at radius 3 is 2.71 bits per heavy atom. The summed E-state index contributed by atoms with van der Waals surface area (Å²) in [5.74, 6) is 0.108. The fourth-order valence-corrected chi connectivity index (χ4v) is 1.29. The van der Waals surface area contributed by atoms with E-state index in [0.717, 1.165) is 12.8 Å². The molecule has 0 bridgehead atoms. The molecule has 4 nitrogen and oxygen atoms in total. The van der Waals surface area contributed by atoms with Crippen molar-refractivity contribution in [3.63, 3.8) is 0 Å². The van der Waals surface area contributed by atoms with Crippen molar-refractivity contribution >= 4 is 5.91 Å². The molecule has 1 N–H and O–H groups in total. The fourth-order valence-electron chi connectivity index (χ4n) is 1.29. The number of aliphatic hydroxyl groups is 1. The van der Waals surface area contributed by atoms with E-state index in [1.54, 1.807) is 19.1 Å². The Bertz CT molecular complexity index is 161. The van der Waals surface area contributed by atoms with Crippen molar-refractivity contribution in [1.29, 1.82) is 0 Å². The molecule has 0 saturated carbocycles. The first-order valence-electron chi connectivity index (χ1n) is 4.98. The van der Waals surface area contributed by atoms with Gasteiger partial charge in [-0.05, 0) is 12.8 Å². The van der Waals surface area contributed by atoms with Gasteiger partial charge >= 0.3 is 0 Å². The van der Waals surface area contributed by atoms with Gasteiger partial charge in [-0.2, -0.15) is 0 Å². The van der Waals surface area contributed by atoms with E-state index in [-0.39, 0.29) is 18.4 Å². The van der Waals surface area contributed by atoms with Crippen molar-refractivity contribution in [2.24, 2.45) is 5.92 Å². The molecule has 0 aliphatic rings. The predicted molar refractivity (Wildman–Crippen MR) is 55.0 cm³/mol. The smallest absolute Gasteiger partial charge is 0.225 e. The molecule has 1 unspecified atom stereocenters. The van der Waals surface area contributed by atoms with Crippen LogP contribution in [0, 0.1) is 5.92 Å². The first-order valence-corrected chi connectivity index (χ1v) is 4.98. The molecule has 14 heavy (non-hydrogen) atoms. The van der Waals surface area contributed by atoms with Gasteiger partial charge in [0, 0.05) is 33.2 Å². The van der Waals surface area contributed by atoms with Crippen molar-refractivity contribution in [2.45, 2.75) is 19.8 Å². The summed E-state index contributed by atoms with van der Waals surface area (Å²) in [6, 6.07) is 0. The number of hydrogen-bond acceptors (Lipinski definition) is 3. The van der Waals surface area contributed by atoms with E-state index in [4.69, 9.17) is 9.84 Å². The summed E-state index contributed by atoms with van der Waals surface area (Å²) in [5, 5.41) is 8.67. The van der Waals surface area contributed by atoms with E-state index in [0.29, 0.717) is 13.2 Å². The third-order valence-electron chi connectivity index (χ3n) is 2.22. The quantitative estimate of drug-likeness (QED) is 0.613. The van der Waals surface area contributed by atoms with Crippen molar-refractivity contribution in [3.05, 3.63) is 0 Å². The van der Waals surface area contributed by atoms with Crippen molar-refractivity contribution in [1.82, 2.24) is 4.90 Å². The maximum Gasteiger partial charge on any atom is 0.225 e. The standard InChI is InChI=1S/C10H21NO3/c1-9(5-4-8-14-3)10(13)11(2)6-7-12/h9,12H,4-8H2,1-3H3. The summed E-state index contributed by atoms with van der Waals surface area (Å²) in [6.45, 7) is 3.04. The second-order valence-electron chi connectivity index (χ2n) is 3.52. The van der Waals surface area contributed by atoms with E-state index in [2.05, 4.69) is 0 Å². The zero-order valence-corrected chi connectivity index (χ0v) is 9.32. The van der Waals surface area contributed by atoms with E-state index < -0.39 is 0 Å². The highest BCUT2D eigenvalue weighted by Crippen LogP contribution is 2.08. The summed E-state index contributed by atoms with van der Waals surface area (Å²) in [4.78, 5) is 13.2. The molecule has 4 heteroatoms. The van der Waals surface area contributed by atoms with Crippen LogP contribution in [-0.2, 0) is 9.53 Å². The van der Waals surface area contributed by atoms with Gasteiger partial charge in [0.2, 0.25) is 5.91 Å². The molecule has 0 aliphatic carbocycles. The lowest BCUT2D eigenvalue weighted by Gasteiger charge is -2.20. The Morgan fingerprint density at radius 1 is 1.57 bits per heavy atom. The minimum Gasteiger partial charge on any atom is -0.395 e. The van der Waals surface area contributed by atoms with E-state index in [1.165, 1.54) is 0 Å². The summed E-state index contributed by atoms with van der Waals surface area (Å²) < 4.78 is 4.92. The second kappa shape index (κ2) is 7.76. The first-order chi connectivity index (χ1) is 6.63. The number of hydrogen-bond donors (Lipinski definition) is 1. The van der Waals surface area contributed by atoms with Crippen LogP contribution >= 0.6 is 0 Å². The monoisotopic (exact) mass is 203 g/mol. The highest BCUT2D eigenvalue weighted by molar-refractivity contribution is 5.78. The van der Waals surface area contributed by atoms with E-state index in [9.17, 15) is 4.79 Å². The third kappa shape index (κ3) is 5.19. The summed E-state index contributed by atoms with van der Waals surface area (Å²) in [7, 11) is 3.37. The molecule has 0 heterocycles. The van der Waals surface area contributed by atoms with Gasteiger partial charge in [0.25, 0.3) is 0 Å². The molecule has 0 spiro atoms. The van der Waals surface area contributed by atoms with Crippen LogP contribution in [0.1, 0.15) is 19.8 Å². The molecule has 84 valence electrons. The van der Waals surface area contributed by atoms with Gasteiger partial charge in [-0.15, -0.1) is 0 Å². The molecule has 1 atom stereocenters. The minimum atomic E-state index is 0.0155. The Kier molecular flexibility index (Phi) is 7.42. The molecular weight excluding hydrogens is 182 g/mol. The lowest BCUT2D eigenvalue weighted by molar-refractivity contribution is -0.134. The average molecular weight is 203 g/mol. The van der Waals surface area contributed by atoms with Crippen molar-refractivity contribution in [3.8, 4) is 0 Å². The minimum absolute atomic E-state index is 0.0155. The molecule has 1 amide bonds. The van der Waals surface area contributed by atoms with Gasteiger partial charge in [-0.1, -0.05) is 6.92 Å². The number of carbonyl (C=O) groups is 1. The Labute approximate surface area is 85.9 Å². The van der Waals surface area contributed by atoms with Crippen molar-refractivity contribution < 1.29 is 14.6 Å². The van der Waals surface area contributed by atoms with Crippen LogP contribution in [-0.4, -0.2) is 49.8 Å². The van der Waals surface area contributed by atoms with Crippen LogP contribution in [0.3, 0.4) is 0 Å². The SMILES string of the molecule is COCCCC(C)C(=O)N(C)CCO.